The Kier molecular flexibility index (Phi) is 2.96. The van der Waals surface area contributed by atoms with Crippen LogP contribution < -0.4 is 0 Å². The van der Waals surface area contributed by atoms with Gasteiger partial charge in [0.05, 0.1) is 13.0 Å². The normalized spacial score (nSPS) is 26.3. The van der Waals surface area contributed by atoms with Crippen molar-refractivity contribution >= 4 is 11.5 Å². The van der Waals surface area contributed by atoms with Crippen molar-refractivity contribution in [2.75, 3.05) is 0 Å². The Bertz CT molecular complexity index is 537. The second kappa shape index (κ2) is 4.64. The summed E-state index contributed by atoms with van der Waals surface area (Å²) in [5.41, 5.74) is 0.766. The molecule has 7 heteroatoms. The van der Waals surface area contributed by atoms with E-state index in [1.165, 1.54) is 17.2 Å². The Morgan fingerprint density at radius 3 is 2.95 bits per heavy atom. The van der Waals surface area contributed by atoms with E-state index in [4.69, 9.17) is 4.84 Å². The van der Waals surface area contributed by atoms with Crippen molar-refractivity contribution in [2.45, 2.75) is 38.2 Å². The van der Waals surface area contributed by atoms with Crippen molar-refractivity contribution < 1.29 is 9.76 Å². The topological polar surface area (TPSA) is 82.5 Å². The van der Waals surface area contributed by atoms with Gasteiger partial charge >= 0.3 is 5.82 Å². The number of hydrogen-bond donors (Lipinski definition) is 0. The second-order valence-corrected chi connectivity index (χ2v) is 5.12. The second-order valence-electron chi connectivity index (χ2n) is 5.12. The van der Waals surface area contributed by atoms with Crippen LogP contribution in [0.4, 0.5) is 5.82 Å². The van der Waals surface area contributed by atoms with E-state index in [1.807, 2.05) is 0 Å². The largest absolute Gasteiger partial charge is 0.391 e. The van der Waals surface area contributed by atoms with Gasteiger partial charge in [0.1, 0.15) is 12.3 Å². The zero-order valence-electron chi connectivity index (χ0n) is 10.8. The third-order valence-electron chi connectivity index (χ3n) is 3.97. The molecule has 2 unspecified atom stereocenters. The molecule has 1 aliphatic carbocycles. The fraction of sp³-hybridized carbons (Fsp3) is 0.667. The molecule has 0 radical (unpaired) electrons. The summed E-state index contributed by atoms with van der Waals surface area (Å²) >= 11 is 0. The Morgan fingerprint density at radius 2 is 2.21 bits per heavy atom. The van der Waals surface area contributed by atoms with Crippen LogP contribution in [0.25, 0.3) is 0 Å². The Labute approximate surface area is 110 Å². The van der Waals surface area contributed by atoms with E-state index in [1.54, 1.807) is 7.05 Å². The molecule has 2 heterocycles. The number of rotatable bonds is 2. The predicted octanol–water partition coefficient (Wildman–Crippen LogP) is 2.01. The van der Waals surface area contributed by atoms with E-state index in [2.05, 4.69) is 10.1 Å². The zero-order chi connectivity index (χ0) is 13.4. The molecule has 2 atom stereocenters. The third kappa shape index (κ3) is 1.98. The summed E-state index contributed by atoms with van der Waals surface area (Å²) in [5.74, 6) is 0.763. The summed E-state index contributed by atoms with van der Waals surface area (Å²) in [6.45, 7) is 0. The van der Waals surface area contributed by atoms with Crippen molar-refractivity contribution in [3.05, 3.63) is 22.1 Å². The van der Waals surface area contributed by atoms with Crippen LogP contribution in [0.3, 0.4) is 0 Å². The lowest BCUT2D eigenvalue weighted by atomic mass is 9.92. The quantitative estimate of drug-likeness (QED) is 0.604. The molecule has 2 aliphatic rings. The van der Waals surface area contributed by atoms with Crippen LogP contribution in [0.15, 0.2) is 11.4 Å². The number of imidazole rings is 1. The van der Waals surface area contributed by atoms with Gasteiger partial charge in [0.2, 0.25) is 5.82 Å². The van der Waals surface area contributed by atoms with Crippen LogP contribution >= 0.6 is 0 Å². The predicted molar refractivity (Wildman–Crippen MR) is 67.8 cm³/mol. The van der Waals surface area contributed by atoms with Gasteiger partial charge in [0.15, 0.2) is 5.71 Å². The first-order chi connectivity index (χ1) is 9.18. The first-order valence-electron chi connectivity index (χ1n) is 6.58. The molecule has 0 saturated heterocycles. The summed E-state index contributed by atoms with van der Waals surface area (Å²) in [7, 11) is 1.65. The number of aromatic nitrogens is 2. The van der Waals surface area contributed by atoms with Gasteiger partial charge in [-0.2, -0.15) is 0 Å². The van der Waals surface area contributed by atoms with Crippen LogP contribution in [-0.2, 0) is 11.9 Å². The smallest absolute Gasteiger partial charge is 0.342 e. The molecule has 0 N–H and O–H groups in total. The van der Waals surface area contributed by atoms with Crippen LogP contribution in [0.5, 0.6) is 0 Å². The first kappa shape index (κ1) is 12.1. The lowest BCUT2D eigenvalue weighted by Crippen LogP contribution is -2.24. The summed E-state index contributed by atoms with van der Waals surface area (Å²) in [4.78, 5) is 20.1. The minimum atomic E-state index is -0.433. The van der Waals surface area contributed by atoms with Gasteiger partial charge < -0.3 is 15.0 Å². The number of oxime groups is 1. The standard InChI is InChI=1S/C12H16N4O3/c1-15-10(16(17)18)7-13-12(15)11-8-5-3-2-4-6-9(8)19-14-11/h7-9H,2-6H2,1H3. The van der Waals surface area contributed by atoms with Crippen molar-refractivity contribution in [1.82, 2.24) is 9.55 Å². The molecular weight excluding hydrogens is 248 g/mol. The van der Waals surface area contributed by atoms with Gasteiger partial charge in [0, 0.05) is 0 Å². The average Bonchev–Trinajstić information content (AvgIpc) is 2.85. The molecule has 3 rings (SSSR count). The van der Waals surface area contributed by atoms with Crippen LogP contribution in [0.1, 0.15) is 37.9 Å². The highest BCUT2D eigenvalue weighted by Crippen LogP contribution is 2.33. The molecule has 102 valence electrons. The molecule has 1 aromatic heterocycles. The maximum absolute atomic E-state index is 10.9. The van der Waals surface area contributed by atoms with Gasteiger partial charge in [-0.05, 0) is 24.2 Å². The van der Waals surface area contributed by atoms with Gasteiger partial charge in [-0.3, -0.25) is 0 Å². The van der Waals surface area contributed by atoms with Gasteiger partial charge in [-0.15, -0.1) is 0 Å². The van der Waals surface area contributed by atoms with E-state index in [-0.39, 0.29) is 17.8 Å². The zero-order valence-corrected chi connectivity index (χ0v) is 10.8. The van der Waals surface area contributed by atoms with Gasteiger partial charge in [-0.1, -0.05) is 18.0 Å². The lowest BCUT2D eigenvalue weighted by molar-refractivity contribution is -0.391. The SMILES string of the molecule is Cn1c([N+](=O)[O-])cnc1C1=NOC2CCCCCC12. The number of hydrogen-bond acceptors (Lipinski definition) is 5. The average molecular weight is 264 g/mol. The van der Waals surface area contributed by atoms with Gasteiger partial charge in [0.25, 0.3) is 0 Å². The summed E-state index contributed by atoms with van der Waals surface area (Å²) in [6.07, 6.45) is 6.94. The molecule has 1 saturated carbocycles. The fourth-order valence-electron chi connectivity index (χ4n) is 2.92. The number of nitrogens with zero attached hydrogens (tertiary/aromatic N) is 4. The van der Waals surface area contributed by atoms with Crippen molar-refractivity contribution in [2.24, 2.45) is 18.1 Å². The molecule has 0 amide bonds. The summed E-state index contributed by atoms with van der Waals surface area (Å²) < 4.78 is 1.48. The van der Waals surface area contributed by atoms with E-state index in [0.717, 1.165) is 31.4 Å². The highest BCUT2D eigenvalue weighted by Gasteiger charge is 2.39. The Morgan fingerprint density at radius 1 is 1.42 bits per heavy atom. The molecule has 0 bridgehead atoms. The van der Waals surface area contributed by atoms with Crippen LogP contribution in [0, 0.1) is 16.0 Å². The molecule has 1 aliphatic heterocycles. The highest BCUT2D eigenvalue weighted by atomic mass is 16.6. The maximum Gasteiger partial charge on any atom is 0.342 e. The lowest BCUT2D eigenvalue weighted by Gasteiger charge is -2.13. The van der Waals surface area contributed by atoms with Crippen LogP contribution in [0.2, 0.25) is 0 Å². The van der Waals surface area contributed by atoms with E-state index < -0.39 is 4.92 Å². The number of nitro groups is 1. The van der Waals surface area contributed by atoms with Crippen LogP contribution in [-0.4, -0.2) is 26.3 Å². The van der Waals surface area contributed by atoms with Crippen molar-refractivity contribution in [3.63, 3.8) is 0 Å². The molecule has 19 heavy (non-hydrogen) atoms. The summed E-state index contributed by atoms with van der Waals surface area (Å²) in [5, 5.41) is 15.0. The van der Waals surface area contributed by atoms with Gasteiger partial charge in [-0.25, -0.2) is 9.55 Å². The minimum Gasteiger partial charge on any atom is -0.391 e. The fourth-order valence-corrected chi connectivity index (χ4v) is 2.92. The minimum absolute atomic E-state index is 0.0187. The Hall–Kier alpha value is -1.92. The maximum atomic E-state index is 10.9. The number of fused-ring (bicyclic) bond motifs is 1. The molecule has 1 aromatic rings. The first-order valence-corrected chi connectivity index (χ1v) is 6.58. The van der Waals surface area contributed by atoms with E-state index in [9.17, 15) is 10.1 Å². The van der Waals surface area contributed by atoms with Crippen molar-refractivity contribution in [1.29, 1.82) is 0 Å². The Balaban J connectivity index is 1.92. The van der Waals surface area contributed by atoms with E-state index >= 15 is 0 Å². The van der Waals surface area contributed by atoms with Crippen molar-refractivity contribution in [3.8, 4) is 0 Å². The molecule has 0 aromatic carbocycles. The monoisotopic (exact) mass is 264 g/mol. The van der Waals surface area contributed by atoms with E-state index in [0.29, 0.717) is 5.82 Å². The summed E-state index contributed by atoms with van der Waals surface area (Å²) in [6, 6.07) is 0. The molecule has 7 nitrogen and oxygen atoms in total. The molecular formula is C12H16N4O3. The third-order valence-corrected chi connectivity index (χ3v) is 3.97. The highest BCUT2D eigenvalue weighted by molar-refractivity contribution is 6.00. The molecule has 0 spiro atoms. The molecule has 1 fully saturated rings.